The Hall–Kier alpha value is -1.66. The number of carbonyl (C=O) groups excluding carboxylic acids is 1. The molecule has 1 saturated heterocycles. The fourth-order valence-corrected chi connectivity index (χ4v) is 2.54. The highest BCUT2D eigenvalue weighted by atomic mass is 16.5. The standard InChI is InChI=1S/C12H16N4O2/c13-12(17)11-9-6-16-4-3-14-5-8(16)7-18-10(9)1-2-15-11/h1-2,8,14H,3-7H2,(H2,13,17). The Morgan fingerprint density at radius 3 is 3.33 bits per heavy atom. The smallest absolute Gasteiger partial charge is 0.267 e. The fourth-order valence-electron chi connectivity index (χ4n) is 2.54. The maximum atomic E-state index is 11.4. The van der Waals surface area contributed by atoms with Gasteiger partial charge in [-0.25, -0.2) is 0 Å². The summed E-state index contributed by atoms with van der Waals surface area (Å²) in [5.74, 6) is 0.234. The van der Waals surface area contributed by atoms with Crippen molar-refractivity contribution < 1.29 is 9.53 Å². The summed E-state index contributed by atoms with van der Waals surface area (Å²) in [6, 6.07) is 2.14. The number of hydrogen-bond donors (Lipinski definition) is 2. The normalized spacial score (nSPS) is 23.4. The number of primary amides is 1. The van der Waals surface area contributed by atoms with Crippen molar-refractivity contribution in [3.05, 3.63) is 23.5 Å². The largest absolute Gasteiger partial charge is 0.491 e. The number of piperazine rings is 1. The molecule has 0 spiro atoms. The first-order valence-electron chi connectivity index (χ1n) is 6.11. The van der Waals surface area contributed by atoms with Crippen LogP contribution < -0.4 is 15.8 Å². The number of amides is 1. The van der Waals surface area contributed by atoms with Crippen molar-refractivity contribution in [3.8, 4) is 5.75 Å². The van der Waals surface area contributed by atoms with Gasteiger partial charge in [0.05, 0.1) is 6.04 Å². The van der Waals surface area contributed by atoms with Gasteiger partial charge in [-0.15, -0.1) is 0 Å². The van der Waals surface area contributed by atoms with Gasteiger partial charge in [-0.2, -0.15) is 0 Å². The van der Waals surface area contributed by atoms with E-state index >= 15 is 0 Å². The van der Waals surface area contributed by atoms with Crippen LogP contribution in [0.3, 0.4) is 0 Å². The number of aromatic nitrogens is 1. The summed E-state index contributed by atoms with van der Waals surface area (Å²) in [7, 11) is 0. The van der Waals surface area contributed by atoms with Crippen LogP contribution in [0.25, 0.3) is 0 Å². The Labute approximate surface area is 105 Å². The van der Waals surface area contributed by atoms with E-state index in [0.717, 1.165) is 30.9 Å². The van der Waals surface area contributed by atoms with Gasteiger partial charge in [0, 0.05) is 37.9 Å². The van der Waals surface area contributed by atoms with Crippen molar-refractivity contribution in [1.82, 2.24) is 15.2 Å². The molecule has 96 valence electrons. The van der Waals surface area contributed by atoms with Crippen LogP contribution in [-0.4, -0.2) is 48.1 Å². The average Bonchev–Trinajstić information content (AvgIpc) is 2.57. The number of pyridine rings is 1. The highest BCUT2D eigenvalue weighted by Gasteiger charge is 2.29. The van der Waals surface area contributed by atoms with Gasteiger partial charge in [0.2, 0.25) is 0 Å². The third kappa shape index (κ3) is 1.93. The third-order valence-electron chi connectivity index (χ3n) is 3.51. The molecule has 0 aliphatic carbocycles. The van der Waals surface area contributed by atoms with E-state index in [2.05, 4.69) is 15.2 Å². The second-order valence-electron chi connectivity index (χ2n) is 4.64. The first kappa shape index (κ1) is 11.4. The van der Waals surface area contributed by atoms with Crippen molar-refractivity contribution >= 4 is 5.91 Å². The van der Waals surface area contributed by atoms with Crippen molar-refractivity contribution in [1.29, 1.82) is 0 Å². The molecule has 3 N–H and O–H groups in total. The lowest BCUT2D eigenvalue weighted by atomic mass is 10.1. The van der Waals surface area contributed by atoms with E-state index in [1.54, 1.807) is 12.3 Å². The van der Waals surface area contributed by atoms with E-state index < -0.39 is 5.91 Å². The molecule has 1 aromatic rings. The number of carbonyl (C=O) groups is 1. The van der Waals surface area contributed by atoms with E-state index in [1.165, 1.54) is 0 Å². The number of nitrogens with one attached hydrogen (secondary N) is 1. The third-order valence-corrected chi connectivity index (χ3v) is 3.51. The SMILES string of the molecule is NC(=O)c1nccc2c1CN1CCNCC1CO2. The summed E-state index contributed by atoms with van der Waals surface area (Å²) >= 11 is 0. The highest BCUT2D eigenvalue weighted by Crippen LogP contribution is 2.27. The molecule has 1 amide bonds. The van der Waals surface area contributed by atoms with Crippen LogP contribution in [0.5, 0.6) is 5.75 Å². The molecule has 3 heterocycles. The van der Waals surface area contributed by atoms with Gasteiger partial charge in [-0.1, -0.05) is 0 Å². The summed E-state index contributed by atoms with van der Waals surface area (Å²) in [4.78, 5) is 17.8. The molecule has 2 aliphatic rings. The van der Waals surface area contributed by atoms with E-state index in [-0.39, 0.29) is 0 Å². The zero-order valence-electron chi connectivity index (χ0n) is 10.1. The average molecular weight is 248 g/mol. The minimum absolute atomic E-state index is 0.326. The molecule has 0 saturated carbocycles. The quantitative estimate of drug-likeness (QED) is 0.690. The summed E-state index contributed by atoms with van der Waals surface area (Å²) in [6.45, 7) is 4.11. The molecule has 1 aromatic heterocycles. The number of fused-ring (bicyclic) bond motifs is 2. The van der Waals surface area contributed by atoms with Gasteiger partial charge in [0.15, 0.2) is 0 Å². The molecule has 1 fully saturated rings. The number of rotatable bonds is 1. The van der Waals surface area contributed by atoms with E-state index in [9.17, 15) is 4.79 Å². The van der Waals surface area contributed by atoms with Crippen LogP contribution in [0, 0.1) is 0 Å². The van der Waals surface area contributed by atoms with Crippen LogP contribution in [0.1, 0.15) is 16.1 Å². The molecule has 6 heteroatoms. The molecular formula is C12H16N4O2. The van der Waals surface area contributed by atoms with Crippen LogP contribution in [0.15, 0.2) is 12.3 Å². The lowest BCUT2D eigenvalue weighted by molar-refractivity contribution is 0.0991. The number of nitrogens with zero attached hydrogens (tertiary/aromatic N) is 2. The molecule has 0 aromatic carbocycles. The molecule has 1 atom stereocenters. The van der Waals surface area contributed by atoms with Crippen LogP contribution >= 0.6 is 0 Å². The first-order chi connectivity index (χ1) is 8.75. The first-order valence-corrected chi connectivity index (χ1v) is 6.11. The molecule has 1 unspecified atom stereocenters. The zero-order chi connectivity index (χ0) is 12.5. The summed E-state index contributed by atoms with van der Waals surface area (Å²) < 4.78 is 5.78. The van der Waals surface area contributed by atoms with E-state index in [4.69, 9.17) is 10.5 Å². The molecular weight excluding hydrogens is 232 g/mol. The Morgan fingerprint density at radius 2 is 2.50 bits per heavy atom. The van der Waals surface area contributed by atoms with Gasteiger partial charge in [0.25, 0.3) is 5.91 Å². The second-order valence-corrected chi connectivity index (χ2v) is 4.64. The molecule has 6 nitrogen and oxygen atoms in total. The molecule has 0 radical (unpaired) electrons. The Morgan fingerprint density at radius 1 is 1.61 bits per heavy atom. The van der Waals surface area contributed by atoms with Gasteiger partial charge in [-0.3, -0.25) is 14.7 Å². The van der Waals surface area contributed by atoms with E-state index in [1.807, 2.05) is 0 Å². The van der Waals surface area contributed by atoms with Gasteiger partial charge in [-0.05, 0) is 6.07 Å². The summed E-state index contributed by atoms with van der Waals surface area (Å²) in [5.41, 5.74) is 6.51. The minimum atomic E-state index is -0.496. The van der Waals surface area contributed by atoms with Crippen molar-refractivity contribution in [2.45, 2.75) is 12.6 Å². The number of hydrogen-bond acceptors (Lipinski definition) is 5. The monoisotopic (exact) mass is 248 g/mol. The Kier molecular flexibility index (Phi) is 2.89. The van der Waals surface area contributed by atoms with Gasteiger partial charge >= 0.3 is 0 Å². The number of nitrogens with two attached hydrogens (primary N) is 1. The van der Waals surface area contributed by atoms with Gasteiger partial charge in [0.1, 0.15) is 18.1 Å². The van der Waals surface area contributed by atoms with Crippen molar-refractivity contribution in [2.24, 2.45) is 5.73 Å². The van der Waals surface area contributed by atoms with Crippen molar-refractivity contribution in [2.75, 3.05) is 26.2 Å². The molecule has 0 bridgehead atoms. The predicted molar refractivity (Wildman–Crippen MR) is 65.3 cm³/mol. The Balaban J connectivity index is 1.98. The van der Waals surface area contributed by atoms with E-state index in [0.29, 0.717) is 24.9 Å². The predicted octanol–water partition coefficient (Wildman–Crippen LogP) is -0.653. The summed E-state index contributed by atoms with van der Waals surface area (Å²) in [6.07, 6.45) is 1.57. The lowest BCUT2D eigenvalue weighted by Gasteiger charge is -2.33. The Bertz CT molecular complexity index is 477. The van der Waals surface area contributed by atoms with Crippen LogP contribution in [-0.2, 0) is 6.54 Å². The fraction of sp³-hybridized carbons (Fsp3) is 0.500. The minimum Gasteiger partial charge on any atom is -0.491 e. The zero-order valence-corrected chi connectivity index (χ0v) is 10.1. The van der Waals surface area contributed by atoms with Crippen molar-refractivity contribution in [3.63, 3.8) is 0 Å². The molecule has 18 heavy (non-hydrogen) atoms. The highest BCUT2D eigenvalue weighted by molar-refractivity contribution is 5.92. The molecule has 3 rings (SSSR count). The van der Waals surface area contributed by atoms with Crippen LogP contribution in [0.2, 0.25) is 0 Å². The maximum Gasteiger partial charge on any atom is 0.267 e. The lowest BCUT2D eigenvalue weighted by Crippen LogP contribution is -2.52. The van der Waals surface area contributed by atoms with Crippen LogP contribution in [0.4, 0.5) is 0 Å². The second kappa shape index (κ2) is 4.55. The topological polar surface area (TPSA) is 80.5 Å². The number of ether oxygens (including phenoxy) is 1. The maximum absolute atomic E-state index is 11.4. The molecule has 2 aliphatic heterocycles. The van der Waals surface area contributed by atoms with Gasteiger partial charge < -0.3 is 15.8 Å². The summed E-state index contributed by atoms with van der Waals surface area (Å²) in [5, 5.41) is 3.35.